The molecule has 0 heterocycles. The van der Waals surface area contributed by atoms with Crippen molar-refractivity contribution in [2.24, 2.45) is 0 Å². The summed E-state index contributed by atoms with van der Waals surface area (Å²) < 4.78 is 2.10. The van der Waals surface area contributed by atoms with Crippen LogP contribution in [0, 0.1) is 0 Å². The first-order chi connectivity index (χ1) is 27.9. The average molecular weight is 896 g/mol. The quantitative estimate of drug-likeness (QED) is 0.115. The Bertz CT molecular complexity index is 3040. The maximum atomic E-state index is 2.58. The van der Waals surface area contributed by atoms with E-state index >= 15 is 0 Å². The van der Waals surface area contributed by atoms with Gasteiger partial charge in [-0.1, -0.05) is 0 Å². The number of benzene rings is 9. The first-order valence-corrected chi connectivity index (χ1v) is 30.8. The molecule has 0 amide bonds. The van der Waals surface area contributed by atoms with Crippen LogP contribution in [0.5, 0.6) is 0 Å². The van der Waals surface area contributed by atoms with Gasteiger partial charge in [-0.2, -0.15) is 0 Å². The van der Waals surface area contributed by atoms with Gasteiger partial charge in [-0.25, -0.2) is 0 Å². The van der Waals surface area contributed by atoms with Crippen LogP contribution in [-0.2, 0) is 23.0 Å². The largest absolute Gasteiger partial charge is 0.147 e. The van der Waals surface area contributed by atoms with Crippen LogP contribution in [0.2, 0.25) is 0 Å². The third-order valence-corrected chi connectivity index (χ3v) is 31.5. The van der Waals surface area contributed by atoms with Gasteiger partial charge >= 0.3 is 343 Å². The summed E-state index contributed by atoms with van der Waals surface area (Å²) in [6.45, 7) is 7.37. The molecule has 0 N–H and O–H groups in total. The Morgan fingerprint density at radius 1 is 0.407 bits per heavy atom. The van der Waals surface area contributed by atoms with Crippen molar-refractivity contribution < 1.29 is 18.9 Å². The zero-order chi connectivity index (χ0) is 38.3. The molecule has 0 saturated carbocycles. The summed E-state index contributed by atoms with van der Waals surface area (Å²) in [7, 11) is 0. The third-order valence-electron chi connectivity index (χ3n) is 13.2. The normalized spacial score (nSPS) is 16.5. The molecule has 0 saturated heterocycles. The Morgan fingerprint density at radius 3 is 1.24 bits per heavy atom. The average Bonchev–Trinajstić information content (AvgIpc) is 3.78. The maximum absolute atomic E-state index is 3.40. The molecule has 2 aliphatic carbocycles. The van der Waals surface area contributed by atoms with Crippen molar-refractivity contribution in [3.05, 3.63) is 215 Å². The second kappa shape index (κ2) is 15.7. The van der Waals surface area contributed by atoms with E-state index in [4.69, 9.17) is 0 Å². The van der Waals surface area contributed by atoms with Gasteiger partial charge < -0.3 is 0 Å². The third kappa shape index (κ3) is 6.52. The molecule has 9 aromatic rings. The fraction of sp³-hybridized carbons (Fsp3) is 0.0909. The monoisotopic (exact) mass is 893 g/mol. The number of hydrogen-bond donors (Lipinski definition) is 0. The van der Waals surface area contributed by atoms with Crippen LogP contribution in [0.3, 0.4) is 0 Å². The summed E-state index contributed by atoms with van der Waals surface area (Å²) in [6.07, 6.45) is 5.15. The minimum Gasteiger partial charge on any atom is -0.147 e. The van der Waals surface area contributed by atoms with Crippen molar-refractivity contribution in [2.45, 2.75) is 25.2 Å². The van der Waals surface area contributed by atoms with E-state index in [9.17, 15) is 0 Å². The molecule has 0 aliphatic heterocycles. The predicted molar refractivity (Wildman–Crippen MR) is 260 cm³/mol. The van der Waals surface area contributed by atoms with Crippen LogP contribution in [-0.4, -0.2) is 6.88 Å². The van der Waals surface area contributed by atoms with Crippen LogP contribution in [0.15, 0.2) is 187 Å². The molecule has 59 heavy (non-hydrogen) atoms. The van der Waals surface area contributed by atoms with E-state index in [1.807, 2.05) is 0 Å². The Kier molecular flexibility index (Phi) is 10.5. The minimum atomic E-state index is -3.40. The van der Waals surface area contributed by atoms with E-state index in [2.05, 4.69) is 209 Å². The molecule has 2 unspecified atom stereocenters. The molecular formula is C55H45Cl2SiZr. The van der Waals surface area contributed by atoms with Gasteiger partial charge in [0.2, 0.25) is 0 Å². The summed E-state index contributed by atoms with van der Waals surface area (Å²) in [5, 5.41) is 10.4. The van der Waals surface area contributed by atoms with E-state index in [1.54, 1.807) is 22.3 Å². The van der Waals surface area contributed by atoms with E-state index in [0.717, 1.165) is 0 Å². The van der Waals surface area contributed by atoms with E-state index in [-0.39, 0.29) is 24.8 Å². The molecule has 2 atom stereocenters. The molecule has 287 valence electrons. The number of fused-ring (bicyclic) bond motifs is 6. The summed E-state index contributed by atoms with van der Waals surface area (Å²) >= 11 is -3.40. The number of hydrogen-bond acceptors (Lipinski definition) is 0. The van der Waals surface area contributed by atoms with Crippen LogP contribution >= 0.6 is 24.8 Å². The summed E-state index contributed by atoms with van der Waals surface area (Å²) in [4.78, 5) is 0. The minimum absolute atomic E-state index is 0. The number of allylic oxidation sites excluding steroid dienone is 2. The molecule has 9 aromatic carbocycles. The van der Waals surface area contributed by atoms with E-state index < -0.39 is 18.9 Å². The van der Waals surface area contributed by atoms with Crippen LogP contribution in [0.25, 0.3) is 77.5 Å². The molecule has 0 aromatic heterocycles. The van der Waals surface area contributed by atoms with Crippen molar-refractivity contribution in [3.8, 4) is 22.3 Å². The standard InChI is InChI=1S/2C24H17.C7H7.2ClH.H2Si.Zr/c2*1-16-12-19-8-4-10-21(23(19)13-16)22-11-5-9-20-14-17-6-2-3-7-18(17)15-24(20)22;1-7-5-3-2-4-6-7;;;;/h2*2-15H,1H3;2-6H,1H2;2*1H;1H2;. The Hall–Kier alpha value is -4.82. The smallest absolute Gasteiger partial charge is 0.147 e. The zero-order valence-electron chi connectivity index (χ0n) is 33.3. The van der Waals surface area contributed by atoms with Crippen LogP contribution < -0.4 is 0 Å². The molecule has 4 heteroatoms. The van der Waals surface area contributed by atoms with Gasteiger partial charge in [0, 0.05) is 0 Å². The van der Waals surface area contributed by atoms with Crippen molar-refractivity contribution >= 4 is 86.9 Å². The van der Waals surface area contributed by atoms with Gasteiger partial charge in [0.05, 0.1) is 0 Å². The molecule has 0 fully saturated rings. The van der Waals surface area contributed by atoms with Gasteiger partial charge in [0.1, 0.15) is 0 Å². The first kappa shape index (κ1) is 39.6. The first-order valence-electron chi connectivity index (χ1n) is 20.3. The Labute approximate surface area is 365 Å². The zero-order valence-corrected chi connectivity index (χ0v) is 38.8. The molecule has 11 rings (SSSR count). The van der Waals surface area contributed by atoms with E-state index in [1.165, 1.54) is 86.2 Å². The molecule has 0 spiro atoms. The topological polar surface area (TPSA) is 0 Å². The van der Waals surface area contributed by atoms with Crippen molar-refractivity contribution in [3.63, 3.8) is 0 Å². The number of rotatable bonds is 6. The summed E-state index contributed by atoms with van der Waals surface area (Å²) in [5.74, 6) is 0. The SMILES string of the molecule is CC1=Cc2c(-c3cccc4cc5ccccc5cc34)cccc2[CH]1[Zr](=[SiH2])([CH2]c1ccccc1)[CH]1C(C)=Cc2c(-c3cccc4cc5ccccc5cc34)cccc21.Cl.Cl. The number of halogens is 2. The van der Waals surface area contributed by atoms with Crippen LogP contribution in [0.1, 0.15) is 48.9 Å². The summed E-state index contributed by atoms with van der Waals surface area (Å²) in [6, 6.07) is 66.6. The fourth-order valence-electron chi connectivity index (χ4n) is 10.9. The predicted octanol–water partition coefficient (Wildman–Crippen LogP) is 15.0. The Morgan fingerprint density at radius 2 is 0.780 bits per heavy atom. The van der Waals surface area contributed by atoms with Gasteiger partial charge in [0.25, 0.3) is 0 Å². The fourth-order valence-corrected chi connectivity index (χ4v) is 32.4. The molecular weight excluding hydrogens is 851 g/mol. The van der Waals surface area contributed by atoms with Crippen molar-refractivity contribution in [1.82, 2.24) is 0 Å². The molecule has 0 nitrogen and oxygen atoms in total. The molecule has 2 aliphatic rings. The van der Waals surface area contributed by atoms with E-state index in [0.29, 0.717) is 7.25 Å². The summed E-state index contributed by atoms with van der Waals surface area (Å²) in [5.41, 5.74) is 15.9. The second-order valence-corrected chi connectivity index (χ2v) is 34.2. The Balaban J connectivity index is 0.00000224. The van der Waals surface area contributed by atoms with Crippen LogP contribution in [0.4, 0.5) is 0 Å². The maximum Gasteiger partial charge on any atom is -0.147 e. The van der Waals surface area contributed by atoms with Gasteiger partial charge in [-0.05, 0) is 0 Å². The second-order valence-electron chi connectivity index (χ2n) is 16.6. The molecule has 0 bridgehead atoms. The van der Waals surface area contributed by atoms with Gasteiger partial charge in [-0.3, -0.25) is 0 Å². The van der Waals surface area contributed by atoms with Crippen molar-refractivity contribution in [1.29, 1.82) is 0 Å². The van der Waals surface area contributed by atoms with Gasteiger partial charge in [0.15, 0.2) is 0 Å². The molecule has 0 radical (unpaired) electrons. The van der Waals surface area contributed by atoms with Gasteiger partial charge in [-0.15, -0.1) is 24.8 Å². The van der Waals surface area contributed by atoms with Crippen molar-refractivity contribution in [2.75, 3.05) is 0 Å².